The molecule has 156 valence electrons. The summed E-state index contributed by atoms with van der Waals surface area (Å²) in [5, 5.41) is 10.3. The topological polar surface area (TPSA) is 45.5 Å². The highest BCUT2D eigenvalue weighted by Gasteiger charge is 2.30. The standard InChI is InChI=1S/C27H26N2O2/c1-30-27(31-2)24-15-23-21-10-6-5-8-19(21)11-12-22(23)26(25(24)16-28)29-14-13-18-7-3-4-9-20(18)17-29/h3-10,15,27H,11-14,17H2,1-2H3. The maximum atomic E-state index is 10.3. The van der Waals surface area contributed by atoms with Gasteiger partial charge in [-0.3, -0.25) is 0 Å². The molecule has 2 aliphatic rings. The Morgan fingerprint density at radius 2 is 1.58 bits per heavy atom. The molecule has 31 heavy (non-hydrogen) atoms. The first-order chi connectivity index (χ1) is 15.2. The van der Waals surface area contributed by atoms with Crippen LogP contribution >= 0.6 is 0 Å². The number of aryl methyl sites for hydroxylation is 1. The predicted molar refractivity (Wildman–Crippen MR) is 122 cm³/mol. The highest BCUT2D eigenvalue weighted by atomic mass is 16.7. The summed E-state index contributed by atoms with van der Waals surface area (Å²) in [6.07, 6.45) is 2.32. The van der Waals surface area contributed by atoms with Gasteiger partial charge >= 0.3 is 0 Å². The molecule has 0 saturated carbocycles. The number of fused-ring (bicyclic) bond motifs is 4. The lowest BCUT2D eigenvalue weighted by Crippen LogP contribution is -2.32. The Balaban J connectivity index is 1.74. The molecule has 0 spiro atoms. The zero-order valence-corrected chi connectivity index (χ0v) is 18.0. The molecule has 4 heteroatoms. The number of ether oxygens (including phenoxy) is 2. The second kappa shape index (κ2) is 8.19. The largest absolute Gasteiger partial charge is 0.366 e. The van der Waals surface area contributed by atoms with Gasteiger partial charge in [0.1, 0.15) is 6.07 Å². The van der Waals surface area contributed by atoms with Crippen molar-refractivity contribution in [1.29, 1.82) is 5.26 Å². The number of methoxy groups -OCH3 is 2. The number of anilines is 1. The number of benzene rings is 3. The zero-order chi connectivity index (χ0) is 21.4. The van der Waals surface area contributed by atoms with Crippen LogP contribution in [0.3, 0.4) is 0 Å². The number of rotatable bonds is 4. The summed E-state index contributed by atoms with van der Waals surface area (Å²) in [5.41, 5.74) is 10.3. The molecule has 0 bridgehead atoms. The number of hydrogen-bond donors (Lipinski definition) is 0. The number of hydrogen-bond acceptors (Lipinski definition) is 4. The van der Waals surface area contributed by atoms with Gasteiger partial charge < -0.3 is 14.4 Å². The minimum atomic E-state index is -0.579. The van der Waals surface area contributed by atoms with Crippen LogP contribution in [0.15, 0.2) is 54.6 Å². The van der Waals surface area contributed by atoms with E-state index >= 15 is 0 Å². The number of nitrogens with zero attached hydrogens (tertiary/aromatic N) is 2. The van der Waals surface area contributed by atoms with E-state index in [0.717, 1.165) is 43.6 Å². The van der Waals surface area contributed by atoms with Crippen LogP contribution in [0.4, 0.5) is 5.69 Å². The molecule has 0 radical (unpaired) electrons. The van der Waals surface area contributed by atoms with Crippen molar-refractivity contribution < 1.29 is 9.47 Å². The van der Waals surface area contributed by atoms with E-state index in [9.17, 15) is 5.26 Å². The summed E-state index contributed by atoms with van der Waals surface area (Å²) in [6.45, 7) is 1.71. The van der Waals surface area contributed by atoms with Crippen LogP contribution in [-0.2, 0) is 35.3 Å². The Morgan fingerprint density at radius 3 is 2.32 bits per heavy atom. The molecule has 4 nitrogen and oxygen atoms in total. The van der Waals surface area contributed by atoms with Gasteiger partial charge in [-0.05, 0) is 58.7 Å². The molecule has 1 heterocycles. The van der Waals surface area contributed by atoms with Crippen molar-refractivity contribution in [2.45, 2.75) is 32.1 Å². The molecular formula is C27H26N2O2. The molecule has 0 atom stereocenters. The van der Waals surface area contributed by atoms with Gasteiger partial charge in [-0.2, -0.15) is 5.26 Å². The SMILES string of the molecule is COC(OC)c1cc2c(c(N3CCc4ccccc4C3)c1C#N)CCc1ccccc1-2. The van der Waals surface area contributed by atoms with Crippen molar-refractivity contribution in [3.63, 3.8) is 0 Å². The quantitative estimate of drug-likeness (QED) is 0.556. The third-order valence-corrected chi connectivity index (χ3v) is 6.63. The van der Waals surface area contributed by atoms with E-state index in [1.54, 1.807) is 14.2 Å². The monoisotopic (exact) mass is 410 g/mol. The number of nitriles is 1. The van der Waals surface area contributed by atoms with Gasteiger partial charge in [0.25, 0.3) is 0 Å². The van der Waals surface area contributed by atoms with Crippen LogP contribution in [0.1, 0.15) is 39.7 Å². The molecule has 0 N–H and O–H groups in total. The van der Waals surface area contributed by atoms with Crippen LogP contribution < -0.4 is 4.90 Å². The fourth-order valence-corrected chi connectivity index (χ4v) is 5.17. The minimum absolute atomic E-state index is 0.579. The average molecular weight is 411 g/mol. The van der Waals surface area contributed by atoms with Gasteiger partial charge in [0.05, 0.1) is 11.3 Å². The average Bonchev–Trinajstić information content (AvgIpc) is 2.83. The Morgan fingerprint density at radius 1 is 0.871 bits per heavy atom. The Kier molecular flexibility index (Phi) is 5.23. The molecule has 3 aromatic rings. The van der Waals surface area contributed by atoms with Crippen molar-refractivity contribution in [1.82, 2.24) is 0 Å². The lowest BCUT2D eigenvalue weighted by molar-refractivity contribution is -0.106. The molecule has 5 rings (SSSR count). The first kappa shape index (κ1) is 19.8. The molecular weight excluding hydrogens is 384 g/mol. The van der Waals surface area contributed by atoms with Gasteiger partial charge in [-0.25, -0.2) is 0 Å². The van der Waals surface area contributed by atoms with Gasteiger partial charge in [-0.15, -0.1) is 0 Å². The highest BCUT2D eigenvalue weighted by molar-refractivity contribution is 5.83. The van der Waals surface area contributed by atoms with Gasteiger partial charge in [0.2, 0.25) is 0 Å². The third kappa shape index (κ3) is 3.31. The normalized spacial score (nSPS) is 14.6. The zero-order valence-electron chi connectivity index (χ0n) is 18.0. The minimum Gasteiger partial charge on any atom is -0.366 e. The molecule has 0 saturated heterocycles. The van der Waals surface area contributed by atoms with E-state index in [1.165, 1.54) is 33.4 Å². The van der Waals surface area contributed by atoms with Crippen molar-refractivity contribution in [2.75, 3.05) is 25.7 Å². The summed E-state index contributed by atoms with van der Waals surface area (Å²) in [7, 11) is 3.25. The summed E-state index contributed by atoms with van der Waals surface area (Å²) in [5.74, 6) is 0. The van der Waals surface area contributed by atoms with Crippen LogP contribution in [0.5, 0.6) is 0 Å². The summed E-state index contributed by atoms with van der Waals surface area (Å²) >= 11 is 0. The van der Waals surface area contributed by atoms with E-state index in [4.69, 9.17) is 9.47 Å². The highest BCUT2D eigenvalue weighted by Crippen LogP contribution is 2.44. The van der Waals surface area contributed by atoms with E-state index in [-0.39, 0.29) is 0 Å². The fourth-order valence-electron chi connectivity index (χ4n) is 5.17. The van der Waals surface area contributed by atoms with Gasteiger partial charge in [-0.1, -0.05) is 48.5 Å². The molecule has 1 aliphatic heterocycles. The maximum absolute atomic E-state index is 10.3. The first-order valence-electron chi connectivity index (χ1n) is 10.8. The van der Waals surface area contributed by atoms with E-state index in [0.29, 0.717) is 5.56 Å². The second-order valence-electron chi connectivity index (χ2n) is 8.23. The Hall–Kier alpha value is -3.13. The summed E-state index contributed by atoms with van der Waals surface area (Å²) in [6, 6.07) is 21.8. The second-order valence-corrected chi connectivity index (χ2v) is 8.23. The fraction of sp³-hybridized carbons (Fsp3) is 0.296. The lowest BCUT2D eigenvalue weighted by atomic mass is 9.81. The van der Waals surface area contributed by atoms with Crippen molar-refractivity contribution in [2.24, 2.45) is 0 Å². The van der Waals surface area contributed by atoms with E-state index in [2.05, 4.69) is 65.6 Å². The van der Waals surface area contributed by atoms with Crippen LogP contribution in [0.2, 0.25) is 0 Å². The van der Waals surface area contributed by atoms with Crippen molar-refractivity contribution in [3.05, 3.63) is 88.0 Å². The van der Waals surface area contributed by atoms with E-state index < -0.39 is 6.29 Å². The maximum Gasteiger partial charge on any atom is 0.184 e. The lowest BCUT2D eigenvalue weighted by Gasteiger charge is -2.36. The molecule has 0 unspecified atom stereocenters. The van der Waals surface area contributed by atoms with Crippen LogP contribution in [0, 0.1) is 11.3 Å². The summed E-state index contributed by atoms with van der Waals surface area (Å²) in [4.78, 5) is 2.39. The first-order valence-corrected chi connectivity index (χ1v) is 10.8. The molecule has 0 amide bonds. The molecule has 3 aromatic carbocycles. The molecule has 0 aromatic heterocycles. The smallest absolute Gasteiger partial charge is 0.184 e. The van der Waals surface area contributed by atoms with Crippen LogP contribution in [0.25, 0.3) is 11.1 Å². The Labute approximate surface area is 183 Å². The van der Waals surface area contributed by atoms with Crippen molar-refractivity contribution >= 4 is 5.69 Å². The van der Waals surface area contributed by atoms with Crippen LogP contribution in [-0.4, -0.2) is 20.8 Å². The van der Waals surface area contributed by atoms with Gasteiger partial charge in [0, 0.05) is 32.9 Å². The predicted octanol–water partition coefficient (Wildman–Crippen LogP) is 5.18. The molecule has 1 aliphatic carbocycles. The van der Waals surface area contributed by atoms with Gasteiger partial charge in [0.15, 0.2) is 6.29 Å². The third-order valence-electron chi connectivity index (χ3n) is 6.63. The van der Waals surface area contributed by atoms with Crippen molar-refractivity contribution in [3.8, 4) is 17.2 Å². The summed E-state index contributed by atoms with van der Waals surface area (Å²) < 4.78 is 11.2. The molecule has 0 fully saturated rings. The van der Waals surface area contributed by atoms with E-state index in [1.807, 2.05) is 0 Å². The Bertz CT molecular complexity index is 1170.